The maximum absolute atomic E-state index is 12.7. The van der Waals surface area contributed by atoms with Crippen molar-refractivity contribution in [2.75, 3.05) is 17.8 Å². The maximum atomic E-state index is 12.7. The summed E-state index contributed by atoms with van der Waals surface area (Å²) >= 11 is 0. The Morgan fingerprint density at radius 2 is 1.80 bits per heavy atom. The van der Waals surface area contributed by atoms with E-state index in [9.17, 15) is 17.2 Å². The molecule has 0 saturated heterocycles. The molecule has 0 atom stereocenters. The lowest BCUT2D eigenvalue weighted by atomic mass is 10.2. The molecule has 0 aliphatic carbocycles. The molecule has 0 unspecified atom stereocenters. The Kier molecular flexibility index (Phi) is 6.56. The summed E-state index contributed by atoms with van der Waals surface area (Å²) in [6, 6.07) is 10.9. The van der Waals surface area contributed by atoms with E-state index in [4.69, 9.17) is 9.15 Å². The number of ether oxygens (including phenoxy) is 2. The molecule has 0 saturated carbocycles. The molecule has 30 heavy (non-hydrogen) atoms. The third kappa shape index (κ3) is 5.26. The topological polar surface area (TPSA) is 81.9 Å². The van der Waals surface area contributed by atoms with E-state index in [1.807, 2.05) is 0 Å². The van der Waals surface area contributed by atoms with Crippen LogP contribution in [0.1, 0.15) is 12.7 Å². The number of oxazole rings is 1. The first-order valence-electron chi connectivity index (χ1n) is 8.94. The Bertz CT molecular complexity index is 1070. The zero-order chi connectivity index (χ0) is 21.7. The Morgan fingerprint density at radius 3 is 2.37 bits per heavy atom. The van der Waals surface area contributed by atoms with Gasteiger partial charge < -0.3 is 18.8 Å². The van der Waals surface area contributed by atoms with Gasteiger partial charge in [-0.15, -0.1) is 0 Å². The van der Waals surface area contributed by atoms with Crippen molar-refractivity contribution in [3.8, 4) is 11.5 Å². The summed E-state index contributed by atoms with van der Waals surface area (Å²) in [5.74, 6) is 0.626. The fraction of sp³-hybridized carbons (Fsp3) is 0.250. The van der Waals surface area contributed by atoms with E-state index in [1.165, 1.54) is 24.6 Å². The summed E-state index contributed by atoms with van der Waals surface area (Å²) in [5, 5.41) is 0. The second kappa shape index (κ2) is 9.12. The van der Waals surface area contributed by atoms with E-state index in [1.54, 1.807) is 42.3 Å². The first-order chi connectivity index (χ1) is 14.3. The van der Waals surface area contributed by atoms with Crippen molar-refractivity contribution in [3.63, 3.8) is 0 Å². The third-order valence-electron chi connectivity index (χ3n) is 4.13. The molecule has 0 N–H and O–H groups in total. The minimum absolute atomic E-state index is 0.0809. The van der Waals surface area contributed by atoms with Crippen LogP contribution in [-0.4, -0.2) is 32.9 Å². The fourth-order valence-electron chi connectivity index (χ4n) is 2.81. The molecule has 0 fully saturated rings. The molecule has 160 valence electrons. The van der Waals surface area contributed by atoms with Crippen LogP contribution < -0.4 is 14.4 Å². The number of benzene rings is 2. The predicted octanol–water partition coefficient (Wildman–Crippen LogP) is 4.42. The number of hydrogen-bond acceptors (Lipinski definition) is 7. The molecule has 10 heteroatoms. The highest BCUT2D eigenvalue weighted by molar-refractivity contribution is 7.90. The Hall–Kier alpha value is -3.14. The second-order valence-corrected chi connectivity index (χ2v) is 8.28. The lowest BCUT2D eigenvalue weighted by Crippen LogP contribution is -2.16. The van der Waals surface area contributed by atoms with Crippen molar-refractivity contribution < 1.29 is 31.1 Å². The molecule has 7 nitrogen and oxygen atoms in total. The average Bonchev–Trinajstić information content (AvgIpc) is 3.20. The van der Waals surface area contributed by atoms with Crippen LogP contribution in [0, 0.1) is 0 Å². The quantitative estimate of drug-likeness (QED) is 0.489. The van der Waals surface area contributed by atoms with Crippen LogP contribution in [0.25, 0.3) is 0 Å². The third-order valence-corrected chi connectivity index (χ3v) is 5.26. The van der Waals surface area contributed by atoms with Crippen molar-refractivity contribution in [3.05, 3.63) is 60.8 Å². The molecular formula is C20H20F2N2O5S. The number of halogens is 2. The number of rotatable bonds is 9. The molecule has 0 aliphatic heterocycles. The summed E-state index contributed by atoms with van der Waals surface area (Å²) < 4.78 is 64.2. The number of sulfone groups is 1. The van der Waals surface area contributed by atoms with Crippen molar-refractivity contribution in [2.45, 2.75) is 25.0 Å². The highest BCUT2D eigenvalue weighted by Gasteiger charge is 2.18. The normalized spacial score (nSPS) is 11.5. The van der Waals surface area contributed by atoms with Gasteiger partial charge in [0, 0.05) is 23.7 Å². The molecule has 0 radical (unpaired) electrons. The highest BCUT2D eigenvalue weighted by atomic mass is 32.2. The van der Waals surface area contributed by atoms with E-state index >= 15 is 0 Å². The van der Waals surface area contributed by atoms with Gasteiger partial charge in [0.25, 0.3) is 0 Å². The summed E-state index contributed by atoms with van der Waals surface area (Å²) in [6.07, 6.45) is 3.98. The molecule has 0 amide bonds. The number of aromatic nitrogens is 1. The predicted molar refractivity (Wildman–Crippen MR) is 106 cm³/mol. The van der Waals surface area contributed by atoms with Gasteiger partial charge in [-0.05, 0) is 43.3 Å². The van der Waals surface area contributed by atoms with E-state index < -0.39 is 16.4 Å². The van der Waals surface area contributed by atoms with Gasteiger partial charge in [-0.3, -0.25) is 0 Å². The highest BCUT2D eigenvalue weighted by Crippen LogP contribution is 2.36. The van der Waals surface area contributed by atoms with E-state index in [-0.39, 0.29) is 29.5 Å². The first-order valence-corrected chi connectivity index (χ1v) is 10.8. The zero-order valence-corrected chi connectivity index (χ0v) is 17.1. The molecule has 1 heterocycles. The summed E-state index contributed by atoms with van der Waals surface area (Å²) in [4.78, 5) is 5.89. The lowest BCUT2D eigenvalue weighted by molar-refractivity contribution is -0.0514. The monoisotopic (exact) mass is 438 g/mol. The van der Waals surface area contributed by atoms with Crippen molar-refractivity contribution >= 4 is 21.2 Å². The molecular weight excluding hydrogens is 418 g/mol. The average molecular weight is 438 g/mol. The van der Waals surface area contributed by atoms with Crippen molar-refractivity contribution in [1.82, 2.24) is 4.98 Å². The number of anilines is 2. The van der Waals surface area contributed by atoms with Gasteiger partial charge in [-0.1, -0.05) is 0 Å². The van der Waals surface area contributed by atoms with Crippen molar-refractivity contribution in [2.24, 2.45) is 0 Å². The van der Waals surface area contributed by atoms with Crippen LogP contribution >= 0.6 is 0 Å². The lowest BCUT2D eigenvalue weighted by Gasteiger charge is -2.25. The van der Waals surface area contributed by atoms with E-state index in [2.05, 4.69) is 9.72 Å². The molecule has 0 bridgehead atoms. The van der Waals surface area contributed by atoms with Gasteiger partial charge in [-0.25, -0.2) is 13.4 Å². The minimum Gasteiger partial charge on any atom is -0.490 e. The molecule has 3 rings (SSSR count). The SMILES string of the molecule is CCOc1cc(N(Cc2cnco2)c2ccc(S(C)(=O)=O)cc2)ccc1OC(F)F. The van der Waals surface area contributed by atoms with Gasteiger partial charge in [0.2, 0.25) is 0 Å². The van der Waals surface area contributed by atoms with Crippen LogP contribution in [0.15, 0.2) is 64.4 Å². The maximum Gasteiger partial charge on any atom is 0.387 e. The fourth-order valence-corrected chi connectivity index (χ4v) is 3.44. The molecule has 1 aromatic heterocycles. The van der Waals surface area contributed by atoms with Crippen LogP contribution in [-0.2, 0) is 16.4 Å². The summed E-state index contributed by atoms with van der Waals surface area (Å²) in [7, 11) is -3.35. The van der Waals surface area contributed by atoms with Gasteiger partial charge in [0.05, 0.1) is 24.2 Å². The first kappa shape index (κ1) is 21.6. The Labute approximate surface area is 172 Å². The van der Waals surface area contributed by atoms with E-state index in [0.29, 0.717) is 17.1 Å². The summed E-state index contributed by atoms with van der Waals surface area (Å²) in [5.41, 5.74) is 1.26. The smallest absolute Gasteiger partial charge is 0.387 e. The number of nitrogens with zero attached hydrogens (tertiary/aromatic N) is 2. The largest absolute Gasteiger partial charge is 0.490 e. The van der Waals surface area contributed by atoms with Gasteiger partial charge >= 0.3 is 6.61 Å². The Morgan fingerprint density at radius 1 is 1.10 bits per heavy atom. The standard InChI is InChI=1S/C20H20F2N2O5S/c1-3-27-19-10-15(6-9-18(19)29-20(21)22)24(12-16-11-23-13-28-16)14-4-7-17(8-5-14)30(2,25)26/h4-11,13,20H,3,12H2,1-2H3. The van der Waals surface area contributed by atoms with Crippen LogP contribution in [0.4, 0.5) is 20.2 Å². The molecule has 2 aromatic carbocycles. The van der Waals surface area contributed by atoms with Crippen LogP contribution in [0.2, 0.25) is 0 Å². The summed E-state index contributed by atoms with van der Waals surface area (Å²) in [6.45, 7) is -0.730. The minimum atomic E-state index is -3.35. The molecule has 3 aromatic rings. The van der Waals surface area contributed by atoms with Crippen molar-refractivity contribution in [1.29, 1.82) is 0 Å². The van der Waals surface area contributed by atoms with E-state index in [0.717, 1.165) is 6.26 Å². The van der Waals surface area contributed by atoms with Crippen LogP contribution in [0.3, 0.4) is 0 Å². The van der Waals surface area contributed by atoms with Gasteiger partial charge in [0.1, 0.15) is 5.76 Å². The molecule has 0 aliphatic rings. The Balaban J connectivity index is 2.03. The number of hydrogen-bond donors (Lipinski definition) is 0. The van der Waals surface area contributed by atoms with Gasteiger partial charge in [0.15, 0.2) is 27.7 Å². The molecule has 0 spiro atoms. The number of alkyl halides is 2. The second-order valence-electron chi connectivity index (χ2n) is 6.26. The van der Waals surface area contributed by atoms with Crippen LogP contribution in [0.5, 0.6) is 11.5 Å². The zero-order valence-electron chi connectivity index (χ0n) is 16.3. The van der Waals surface area contributed by atoms with Gasteiger partial charge in [-0.2, -0.15) is 8.78 Å².